The Kier molecular flexibility index (Phi) is 8.14. The van der Waals surface area contributed by atoms with Gasteiger partial charge in [-0.15, -0.1) is 0 Å². The molecule has 1 N–H and O–H groups in total. The minimum absolute atomic E-state index is 0.342. The van der Waals surface area contributed by atoms with Crippen LogP contribution in [0.3, 0.4) is 0 Å². The third-order valence-corrected chi connectivity index (χ3v) is 2.36. The molecule has 3 nitrogen and oxygen atoms in total. The van der Waals surface area contributed by atoms with Gasteiger partial charge in [-0.3, -0.25) is 0 Å². The van der Waals surface area contributed by atoms with E-state index < -0.39 is 0 Å². The summed E-state index contributed by atoms with van der Waals surface area (Å²) in [5.74, 6) is 0. The Morgan fingerprint density at radius 3 is 2.43 bits per heavy atom. The molecule has 0 aliphatic carbocycles. The summed E-state index contributed by atoms with van der Waals surface area (Å²) in [6.45, 7) is 9.28. The van der Waals surface area contributed by atoms with Crippen molar-refractivity contribution >= 4 is 0 Å². The SMILES string of the molecule is CCC(CN(C)CCOC(C)C)NC. The Hall–Kier alpha value is -0.120. The van der Waals surface area contributed by atoms with E-state index in [1.165, 1.54) is 6.42 Å². The largest absolute Gasteiger partial charge is 0.377 e. The monoisotopic (exact) mass is 202 g/mol. The zero-order valence-electron chi connectivity index (χ0n) is 10.3. The molecule has 14 heavy (non-hydrogen) atoms. The Labute approximate surface area is 88.8 Å². The summed E-state index contributed by atoms with van der Waals surface area (Å²) in [7, 11) is 4.16. The smallest absolute Gasteiger partial charge is 0.0596 e. The standard InChI is InChI=1S/C11H26N2O/c1-6-11(12-4)9-13(5)7-8-14-10(2)3/h10-12H,6-9H2,1-5H3. The van der Waals surface area contributed by atoms with Crippen LogP contribution in [-0.2, 0) is 4.74 Å². The average molecular weight is 202 g/mol. The molecule has 3 heteroatoms. The van der Waals surface area contributed by atoms with Crippen LogP contribution in [0.4, 0.5) is 0 Å². The maximum Gasteiger partial charge on any atom is 0.0596 e. The van der Waals surface area contributed by atoms with Crippen molar-refractivity contribution in [2.24, 2.45) is 0 Å². The van der Waals surface area contributed by atoms with Crippen molar-refractivity contribution < 1.29 is 4.74 Å². The first-order valence-electron chi connectivity index (χ1n) is 5.57. The molecule has 0 aromatic carbocycles. The first-order valence-corrected chi connectivity index (χ1v) is 5.57. The summed E-state index contributed by atoms with van der Waals surface area (Å²) >= 11 is 0. The van der Waals surface area contributed by atoms with Crippen LogP contribution in [0.1, 0.15) is 27.2 Å². The van der Waals surface area contributed by atoms with Crippen molar-refractivity contribution in [1.29, 1.82) is 0 Å². The first-order chi connectivity index (χ1) is 6.60. The van der Waals surface area contributed by atoms with Crippen LogP contribution >= 0.6 is 0 Å². The van der Waals surface area contributed by atoms with E-state index >= 15 is 0 Å². The van der Waals surface area contributed by atoms with E-state index in [2.05, 4.69) is 38.0 Å². The van der Waals surface area contributed by atoms with Crippen molar-refractivity contribution in [2.45, 2.75) is 39.3 Å². The molecule has 1 unspecified atom stereocenters. The van der Waals surface area contributed by atoms with Gasteiger partial charge in [0.1, 0.15) is 0 Å². The fraction of sp³-hybridized carbons (Fsp3) is 1.00. The maximum atomic E-state index is 5.50. The lowest BCUT2D eigenvalue weighted by Crippen LogP contribution is -2.38. The molecule has 1 atom stereocenters. The van der Waals surface area contributed by atoms with Crippen LogP contribution in [-0.4, -0.2) is 50.8 Å². The summed E-state index contributed by atoms with van der Waals surface area (Å²) < 4.78 is 5.50. The molecule has 0 aromatic rings. The quantitative estimate of drug-likeness (QED) is 0.643. The van der Waals surface area contributed by atoms with Crippen molar-refractivity contribution in [3.8, 4) is 0 Å². The van der Waals surface area contributed by atoms with Gasteiger partial charge in [-0.1, -0.05) is 6.92 Å². The van der Waals surface area contributed by atoms with Crippen LogP contribution in [0.5, 0.6) is 0 Å². The number of nitrogens with zero attached hydrogens (tertiary/aromatic N) is 1. The zero-order chi connectivity index (χ0) is 11.0. The predicted octanol–water partition coefficient (Wildman–Crippen LogP) is 1.34. The zero-order valence-corrected chi connectivity index (χ0v) is 10.3. The van der Waals surface area contributed by atoms with Gasteiger partial charge in [0.15, 0.2) is 0 Å². The van der Waals surface area contributed by atoms with Crippen LogP contribution < -0.4 is 5.32 Å². The molecule has 0 radical (unpaired) electrons. The lowest BCUT2D eigenvalue weighted by atomic mass is 10.2. The van der Waals surface area contributed by atoms with E-state index in [9.17, 15) is 0 Å². The van der Waals surface area contributed by atoms with E-state index in [0.29, 0.717) is 12.1 Å². The summed E-state index contributed by atoms with van der Waals surface area (Å²) in [4.78, 5) is 2.31. The molecule has 0 saturated heterocycles. The molecule has 0 saturated carbocycles. The average Bonchev–Trinajstić information content (AvgIpc) is 2.13. The number of rotatable bonds is 8. The van der Waals surface area contributed by atoms with E-state index in [1.807, 2.05) is 7.05 Å². The van der Waals surface area contributed by atoms with Crippen molar-refractivity contribution in [3.63, 3.8) is 0 Å². The predicted molar refractivity (Wildman–Crippen MR) is 61.7 cm³/mol. The number of hydrogen-bond donors (Lipinski definition) is 1. The Morgan fingerprint density at radius 2 is 2.00 bits per heavy atom. The highest BCUT2D eigenvalue weighted by atomic mass is 16.5. The van der Waals surface area contributed by atoms with Gasteiger partial charge in [0.05, 0.1) is 12.7 Å². The van der Waals surface area contributed by atoms with Gasteiger partial charge in [0.2, 0.25) is 0 Å². The number of ether oxygens (including phenoxy) is 1. The Bertz CT molecular complexity index is 124. The molecule has 0 bridgehead atoms. The maximum absolute atomic E-state index is 5.50. The summed E-state index contributed by atoms with van der Waals surface area (Å²) in [6.07, 6.45) is 1.51. The topological polar surface area (TPSA) is 24.5 Å². The molecule has 0 amide bonds. The van der Waals surface area contributed by atoms with Gasteiger partial charge in [-0.25, -0.2) is 0 Å². The number of hydrogen-bond acceptors (Lipinski definition) is 3. The molecule has 86 valence electrons. The highest BCUT2D eigenvalue weighted by Gasteiger charge is 2.06. The molecule has 0 aromatic heterocycles. The minimum atomic E-state index is 0.342. The minimum Gasteiger partial charge on any atom is -0.377 e. The van der Waals surface area contributed by atoms with E-state index in [4.69, 9.17) is 4.74 Å². The fourth-order valence-electron chi connectivity index (χ4n) is 1.34. The molecule has 0 aliphatic rings. The van der Waals surface area contributed by atoms with Crippen LogP contribution in [0.25, 0.3) is 0 Å². The molecule has 0 aliphatic heterocycles. The number of nitrogens with one attached hydrogen (secondary N) is 1. The van der Waals surface area contributed by atoms with E-state index in [-0.39, 0.29) is 0 Å². The molecule has 0 heterocycles. The second-order valence-corrected chi connectivity index (χ2v) is 4.08. The first kappa shape index (κ1) is 13.9. The summed E-state index contributed by atoms with van der Waals surface area (Å²) in [6, 6.07) is 0.596. The lowest BCUT2D eigenvalue weighted by molar-refractivity contribution is 0.0623. The van der Waals surface area contributed by atoms with Crippen LogP contribution in [0.2, 0.25) is 0 Å². The van der Waals surface area contributed by atoms with Crippen LogP contribution in [0, 0.1) is 0 Å². The van der Waals surface area contributed by atoms with Gasteiger partial charge < -0.3 is 15.0 Å². The van der Waals surface area contributed by atoms with Gasteiger partial charge in [0, 0.05) is 19.1 Å². The van der Waals surface area contributed by atoms with E-state index in [0.717, 1.165) is 19.7 Å². The number of likely N-dealkylation sites (N-methyl/N-ethyl adjacent to an activating group) is 2. The lowest BCUT2D eigenvalue weighted by Gasteiger charge is -2.23. The van der Waals surface area contributed by atoms with Crippen molar-refractivity contribution in [2.75, 3.05) is 33.8 Å². The molecule has 0 spiro atoms. The molecule has 0 rings (SSSR count). The highest BCUT2D eigenvalue weighted by molar-refractivity contribution is 4.66. The van der Waals surface area contributed by atoms with Crippen molar-refractivity contribution in [3.05, 3.63) is 0 Å². The normalized spacial score (nSPS) is 13.9. The molecular formula is C11H26N2O. The Balaban J connectivity index is 3.48. The summed E-state index contributed by atoms with van der Waals surface area (Å²) in [5.41, 5.74) is 0. The third-order valence-electron chi connectivity index (χ3n) is 2.36. The summed E-state index contributed by atoms with van der Waals surface area (Å²) in [5, 5.41) is 3.30. The van der Waals surface area contributed by atoms with Gasteiger partial charge in [0.25, 0.3) is 0 Å². The third kappa shape index (κ3) is 7.30. The van der Waals surface area contributed by atoms with E-state index in [1.54, 1.807) is 0 Å². The van der Waals surface area contributed by atoms with Gasteiger partial charge >= 0.3 is 0 Å². The van der Waals surface area contributed by atoms with Gasteiger partial charge in [-0.2, -0.15) is 0 Å². The van der Waals surface area contributed by atoms with Gasteiger partial charge in [-0.05, 0) is 34.4 Å². The second kappa shape index (κ2) is 8.21. The highest BCUT2D eigenvalue weighted by Crippen LogP contribution is 1.95. The van der Waals surface area contributed by atoms with Crippen molar-refractivity contribution in [1.82, 2.24) is 10.2 Å². The molecular weight excluding hydrogens is 176 g/mol. The second-order valence-electron chi connectivity index (χ2n) is 4.08. The molecule has 0 fully saturated rings. The fourth-order valence-corrected chi connectivity index (χ4v) is 1.34. The Morgan fingerprint density at radius 1 is 1.36 bits per heavy atom. The van der Waals surface area contributed by atoms with Crippen LogP contribution in [0.15, 0.2) is 0 Å².